The van der Waals surface area contributed by atoms with E-state index in [0.29, 0.717) is 12.5 Å². The SMILES string of the molecule is CNC(CCC1CCCC1)Cc1cc(F)cc(F)c1. The average Bonchev–Trinajstić information content (AvgIpc) is 2.86. The molecule has 106 valence electrons. The molecule has 1 aliphatic carbocycles. The van der Waals surface area contributed by atoms with Crippen LogP contribution in [0.15, 0.2) is 18.2 Å². The molecule has 1 nitrogen and oxygen atoms in total. The molecule has 1 saturated carbocycles. The molecule has 2 rings (SSSR count). The van der Waals surface area contributed by atoms with Gasteiger partial charge in [-0.25, -0.2) is 8.78 Å². The maximum atomic E-state index is 13.2. The zero-order valence-corrected chi connectivity index (χ0v) is 11.6. The van der Waals surface area contributed by atoms with Gasteiger partial charge in [0.1, 0.15) is 11.6 Å². The standard InChI is InChI=1S/C16H23F2N/c1-19-16(7-6-12-4-2-3-5-12)10-13-8-14(17)11-15(18)9-13/h8-9,11-12,16,19H,2-7,10H2,1H3. The fourth-order valence-electron chi connectivity index (χ4n) is 3.10. The number of hydrogen-bond acceptors (Lipinski definition) is 1. The van der Waals surface area contributed by atoms with Gasteiger partial charge in [-0.15, -0.1) is 0 Å². The molecule has 1 fully saturated rings. The van der Waals surface area contributed by atoms with E-state index in [2.05, 4.69) is 5.32 Å². The Labute approximate surface area is 114 Å². The number of nitrogens with one attached hydrogen (secondary N) is 1. The van der Waals surface area contributed by atoms with Crippen molar-refractivity contribution in [1.29, 1.82) is 0 Å². The zero-order valence-electron chi connectivity index (χ0n) is 11.6. The van der Waals surface area contributed by atoms with E-state index in [0.717, 1.165) is 24.0 Å². The third kappa shape index (κ3) is 4.57. The molecular formula is C16H23F2N. The topological polar surface area (TPSA) is 12.0 Å². The average molecular weight is 267 g/mol. The van der Waals surface area contributed by atoms with Crippen LogP contribution in [0.1, 0.15) is 44.1 Å². The molecule has 0 saturated heterocycles. The minimum absolute atomic E-state index is 0.307. The van der Waals surface area contributed by atoms with Gasteiger partial charge in [-0.05, 0) is 49.9 Å². The highest BCUT2D eigenvalue weighted by Crippen LogP contribution is 2.29. The van der Waals surface area contributed by atoms with E-state index in [1.165, 1.54) is 44.2 Å². The summed E-state index contributed by atoms with van der Waals surface area (Å²) < 4.78 is 26.3. The van der Waals surface area contributed by atoms with Crippen molar-refractivity contribution in [3.05, 3.63) is 35.4 Å². The fraction of sp³-hybridized carbons (Fsp3) is 0.625. The van der Waals surface area contributed by atoms with Crippen LogP contribution in [0.3, 0.4) is 0 Å². The van der Waals surface area contributed by atoms with Crippen molar-refractivity contribution in [3.63, 3.8) is 0 Å². The number of likely N-dealkylation sites (N-methyl/N-ethyl adjacent to an activating group) is 1. The minimum Gasteiger partial charge on any atom is -0.317 e. The van der Waals surface area contributed by atoms with Crippen LogP contribution in [-0.4, -0.2) is 13.1 Å². The predicted molar refractivity (Wildman–Crippen MR) is 74.1 cm³/mol. The Morgan fingerprint density at radius 2 is 1.79 bits per heavy atom. The smallest absolute Gasteiger partial charge is 0.126 e. The molecule has 1 aliphatic rings. The van der Waals surface area contributed by atoms with E-state index in [-0.39, 0.29) is 0 Å². The van der Waals surface area contributed by atoms with Gasteiger partial charge in [-0.1, -0.05) is 25.7 Å². The molecule has 0 radical (unpaired) electrons. The van der Waals surface area contributed by atoms with Crippen molar-refractivity contribution in [2.75, 3.05) is 7.05 Å². The highest BCUT2D eigenvalue weighted by atomic mass is 19.1. The van der Waals surface area contributed by atoms with Crippen LogP contribution in [0.5, 0.6) is 0 Å². The Morgan fingerprint density at radius 3 is 2.37 bits per heavy atom. The van der Waals surface area contributed by atoms with Crippen LogP contribution in [0.25, 0.3) is 0 Å². The van der Waals surface area contributed by atoms with E-state index >= 15 is 0 Å². The van der Waals surface area contributed by atoms with E-state index in [4.69, 9.17) is 0 Å². The Bertz CT molecular complexity index is 379. The lowest BCUT2D eigenvalue weighted by Gasteiger charge is -2.18. The molecule has 19 heavy (non-hydrogen) atoms. The predicted octanol–water partition coefficient (Wildman–Crippen LogP) is 4.07. The normalized spacial score (nSPS) is 17.8. The third-order valence-corrected chi connectivity index (χ3v) is 4.21. The van der Waals surface area contributed by atoms with E-state index in [1.807, 2.05) is 7.05 Å². The lowest BCUT2D eigenvalue weighted by Crippen LogP contribution is -2.28. The highest BCUT2D eigenvalue weighted by molar-refractivity contribution is 5.18. The molecule has 0 aliphatic heterocycles. The molecule has 0 amide bonds. The lowest BCUT2D eigenvalue weighted by atomic mass is 9.95. The van der Waals surface area contributed by atoms with Gasteiger partial charge < -0.3 is 5.32 Å². The van der Waals surface area contributed by atoms with Crippen molar-refractivity contribution >= 4 is 0 Å². The van der Waals surface area contributed by atoms with Gasteiger partial charge >= 0.3 is 0 Å². The van der Waals surface area contributed by atoms with E-state index in [9.17, 15) is 8.78 Å². The van der Waals surface area contributed by atoms with E-state index < -0.39 is 11.6 Å². The molecule has 3 heteroatoms. The molecule has 1 atom stereocenters. The van der Waals surface area contributed by atoms with Crippen molar-refractivity contribution in [3.8, 4) is 0 Å². The zero-order chi connectivity index (χ0) is 13.7. The maximum absolute atomic E-state index is 13.2. The summed E-state index contributed by atoms with van der Waals surface area (Å²) in [6, 6.07) is 4.10. The van der Waals surface area contributed by atoms with Gasteiger partial charge in [-0.3, -0.25) is 0 Å². The lowest BCUT2D eigenvalue weighted by molar-refractivity contribution is 0.417. The van der Waals surface area contributed by atoms with Gasteiger partial charge in [-0.2, -0.15) is 0 Å². The Hall–Kier alpha value is -0.960. The van der Waals surface area contributed by atoms with Crippen LogP contribution in [0.4, 0.5) is 8.78 Å². The van der Waals surface area contributed by atoms with Gasteiger partial charge in [0.25, 0.3) is 0 Å². The minimum atomic E-state index is -0.486. The first-order chi connectivity index (χ1) is 9.17. The van der Waals surface area contributed by atoms with Gasteiger partial charge in [0.15, 0.2) is 0 Å². The van der Waals surface area contributed by atoms with Crippen molar-refractivity contribution in [2.45, 2.75) is 51.0 Å². The quantitative estimate of drug-likeness (QED) is 0.819. The Morgan fingerprint density at radius 1 is 1.16 bits per heavy atom. The largest absolute Gasteiger partial charge is 0.317 e. The molecule has 0 spiro atoms. The molecule has 0 heterocycles. The fourth-order valence-corrected chi connectivity index (χ4v) is 3.10. The Balaban J connectivity index is 1.86. The van der Waals surface area contributed by atoms with Gasteiger partial charge in [0.05, 0.1) is 0 Å². The van der Waals surface area contributed by atoms with Crippen molar-refractivity contribution < 1.29 is 8.78 Å². The monoisotopic (exact) mass is 267 g/mol. The molecule has 1 unspecified atom stereocenters. The first-order valence-electron chi connectivity index (χ1n) is 7.29. The molecule has 1 aromatic rings. The van der Waals surface area contributed by atoms with Crippen LogP contribution >= 0.6 is 0 Å². The summed E-state index contributed by atoms with van der Waals surface area (Å²) in [5.41, 5.74) is 0.739. The Kier molecular flexibility index (Phi) is 5.32. The molecule has 1 N–H and O–H groups in total. The van der Waals surface area contributed by atoms with Crippen LogP contribution < -0.4 is 5.32 Å². The van der Waals surface area contributed by atoms with Gasteiger partial charge in [0, 0.05) is 12.1 Å². The summed E-state index contributed by atoms with van der Waals surface area (Å²) in [7, 11) is 1.93. The van der Waals surface area contributed by atoms with Crippen LogP contribution in [0.2, 0.25) is 0 Å². The van der Waals surface area contributed by atoms with Crippen LogP contribution in [-0.2, 0) is 6.42 Å². The van der Waals surface area contributed by atoms with Crippen LogP contribution in [0, 0.1) is 17.6 Å². The highest BCUT2D eigenvalue weighted by Gasteiger charge is 2.17. The summed E-state index contributed by atoms with van der Waals surface area (Å²) in [6.45, 7) is 0. The summed E-state index contributed by atoms with van der Waals surface area (Å²) in [4.78, 5) is 0. The molecule has 0 bridgehead atoms. The maximum Gasteiger partial charge on any atom is 0.126 e. The number of benzene rings is 1. The second-order valence-corrected chi connectivity index (χ2v) is 5.70. The summed E-state index contributed by atoms with van der Waals surface area (Å²) in [6.07, 6.45) is 8.44. The van der Waals surface area contributed by atoms with E-state index in [1.54, 1.807) is 0 Å². The number of rotatable bonds is 6. The molecular weight excluding hydrogens is 244 g/mol. The summed E-state index contributed by atoms with van der Waals surface area (Å²) in [5.74, 6) is -0.110. The number of hydrogen-bond donors (Lipinski definition) is 1. The second kappa shape index (κ2) is 6.99. The first-order valence-corrected chi connectivity index (χ1v) is 7.29. The first kappa shape index (κ1) is 14.4. The summed E-state index contributed by atoms with van der Waals surface area (Å²) >= 11 is 0. The van der Waals surface area contributed by atoms with Crippen molar-refractivity contribution in [2.24, 2.45) is 5.92 Å². The van der Waals surface area contributed by atoms with Crippen molar-refractivity contribution in [1.82, 2.24) is 5.32 Å². The molecule has 1 aromatic carbocycles. The van der Waals surface area contributed by atoms with Gasteiger partial charge in [0.2, 0.25) is 0 Å². The second-order valence-electron chi connectivity index (χ2n) is 5.70. The summed E-state index contributed by atoms with van der Waals surface area (Å²) in [5, 5.41) is 3.27. The molecule has 0 aromatic heterocycles. The number of halogens is 2. The third-order valence-electron chi connectivity index (χ3n) is 4.21.